The van der Waals surface area contributed by atoms with Crippen molar-refractivity contribution in [3.63, 3.8) is 0 Å². The van der Waals surface area contributed by atoms with E-state index in [0.717, 1.165) is 0 Å². The van der Waals surface area contributed by atoms with Crippen molar-refractivity contribution in [2.45, 2.75) is 13.8 Å². The Kier molecular flexibility index (Phi) is 3.84. The summed E-state index contributed by atoms with van der Waals surface area (Å²) in [4.78, 5) is 27.4. The molecule has 0 aliphatic rings. The van der Waals surface area contributed by atoms with Gasteiger partial charge in [0.05, 0.1) is 10.7 Å². The molecule has 0 atom stereocenters. The number of aryl methyl sites for hydroxylation is 1. The molecule has 3 rings (SSSR count). The molecule has 132 valence electrons. The topological polar surface area (TPSA) is 88.5 Å². The number of aromatic hydroxyl groups is 1. The fourth-order valence-corrected chi connectivity index (χ4v) is 2.42. The van der Waals surface area contributed by atoms with Gasteiger partial charge in [-0.3, -0.25) is 9.59 Å². The quantitative estimate of drug-likeness (QED) is 0.734. The third kappa shape index (κ3) is 3.64. The highest BCUT2D eigenvalue weighted by Gasteiger charge is 2.18. The Balaban J connectivity index is 1.99. The molecule has 3 aromatic rings. The normalized spacial score (nSPS) is 12.2. The number of rotatable bonds is 5. The summed E-state index contributed by atoms with van der Waals surface area (Å²) in [5.74, 6) is -0.876. The average molecular weight is 353 g/mol. The van der Waals surface area contributed by atoms with Gasteiger partial charge in [-0.2, -0.15) is 0 Å². The van der Waals surface area contributed by atoms with Gasteiger partial charge in [0.25, 0.3) is 5.91 Å². The maximum Gasteiger partial charge on any atom is 0.274 e. The van der Waals surface area contributed by atoms with Crippen molar-refractivity contribution in [3.05, 3.63) is 59.8 Å². The van der Waals surface area contributed by atoms with E-state index >= 15 is 0 Å². The fourth-order valence-electron chi connectivity index (χ4n) is 2.42. The third-order valence-electron chi connectivity index (χ3n) is 3.65. The van der Waals surface area contributed by atoms with Gasteiger partial charge in [0, 0.05) is 16.5 Å². The van der Waals surface area contributed by atoms with E-state index in [1.54, 1.807) is 19.1 Å². The molecule has 1 aromatic heterocycles. The standard InChI is InChI=1S/C20H18N2O4/c1-12(23)11-21-20(25)18-19(24)16-9-8-15(10-17(16)13(2)22-18)26-14-6-4-3-5-7-14/h3-10,24H,11H2,1-2H3,(H,21,25)/i3D,6D,7D. The van der Waals surface area contributed by atoms with Crippen molar-refractivity contribution in [3.8, 4) is 17.2 Å². The van der Waals surface area contributed by atoms with Crippen LogP contribution in [0.3, 0.4) is 0 Å². The molecule has 0 aliphatic carbocycles. The summed E-state index contributed by atoms with van der Waals surface area (Å²) in [5, 5.41) is 13.8. The molecular formula is C20H18N2O4. The number of carbonyl (C=O) groups excluding carboxylic acids is 2. The summed E-state index contributed by atoms with van der Waals surface area (Å²) in [5.41, 5.74) is 0.271. The summed E-state index contributed by atoms with van der Waals surface area (Å²) < 4.78 is 29.0. The predicted octanol–water partition coefficient (Wildman–Crippen LogP) is 3.36. The first-order valence-corrected chi connectivity index (χ1v) is 7.84. The van der Waals surface area contributed by atoms with Gasteiger partial charge in [-0.25, -0.2) is 4.98 Å². The molecule has 0 fully saturated rings. The Morgan fingerprint density at radius 3 is 2.65 bits per heavy atom. The van der Waals surface area contributed by atoms with Crippen molar-refractivity contribution in [1.29, 1.82) is 0 Å². The number of Topliss-reactive ketones (excluding diaryl/α,β-unsaturated/α-hetero) is 1. The molecule has 0 saturated carbocycles. The highest BCUT2D eigenvalue weighted by molar-refractivity contribution is 6.03. The van der Waals surface area contributed by atoms with Gasteiger partial charge in [-0.1, -0.05) is 18.2 Å². The lowest BCUT2D eigenvalue weighted by Gasteiger charge is -2.12. The van der Waals surface area contributed by atoms with Crippen LogP contribution in [0.25, 0.3) is 10.8 Å². The van der Waals surface area contributed by atoms with Gasteiger partial charge >= 0.3 is 0 Å². The summed E-state index contributed by atoms with van der Waals surface area (Å²) in [6, 6.07) is 7.09. The van der Waals surface area contributed by atoms with Crippen LogP contribution in [0.1, 0.15) is 27.2 Å². The lowest BCUT2D eigenvalue weighted by Crippen LogP contribution is -2.29. The number of nitrogens with one attached hydrogen (secondary N) is 1. The maximum atomic E-state index is 12.2. The summed E-state index contributed by atoms with van der Waals surface area (Å²) >= 11 is 0. The largest absolute Gasteiger partial charge is 0.505 e. The molecule has 26 heavy (non-hydrogen) atoms. The van der Waals surface area contributed by atoms with Gasteiger partial charge in [-0.05, 0) is 44.1 Å². The summed E-state index contributed by atoms with van der Waals surface area (Å²) in [6.45, 7) is 2.84. The van der Waals surface area contributed by atoms with Gasteiger partial charge in [0.2, 0.25) is 0 Å². The van der Waals surface area contributed by atoms with Crippen LogP contribution in [0.15, 0.2) is 48.5 Å². The first-order chi connectivity index (χ1) is 13.7. The number of benzene rings is 2. The summed E-state index contributed by atoms with van der Waals surface area (Å²) in [6.07, 6.45) is 0. The van der Waals surface area contributed by atoms with Gasteiger partial charge in [0.1, 0.15) is 17.3 Å². The number of hydrogen-bond donors (Lipinski definition) is 2. The molecule has 2 aromatic carbocycles. The van der Waals surface area contributed by atoms with Crippen LogP contribution >= 0.6 is 0 Å². The second kappa shape index (κ2) is 7.23. The van der Waals surface area contributed by atoms with Crippen LogP contribution in [-0.2, 0) is 4.79 Å². The van der Waals surface area contributed by atoms with E-state index in [0.29, 0.717) is 22.2 Å². The van der Waals surface area contributed by atoms with E-state index < -0.39 is 5.91 Å². The molecule has 0 radical (unpaired) electrons. The number of ketones is 1. The number of ether oxygens (including phenoxy) is 1. The number of aromatic nitrogens is 1. The van der Waals surface area contributed by atoms with Crippen molar-refractivity contribution in [1.82, 2.24) is 10.3 Å². The van der Waals surface area contributed by atoms with Crippen LogP contribution in [-0.4, -0.2) is 28.3 Å². The van der Waals surface area contributed by atoms with Crippen molar-refractivity contribution >= 4 is 22.5 Å². The molecule has 1 amide bonds. The second-order valence-electron chi connectivity index (χ2n) is 5.66. The number of hydrogen-bond acceptors (Lipinski definition) is 5. The fraction of sp³-hybridized carbons (Fsp3) is 0.150. The van der Waals surface area contributed by atoms with Gasteiger partial charge in [0.15, 0.2) is 11.4 Å². The second-order valence-corrected chi connectivity index (χ2v) is 5.66. The highest BCUT2D eigenvalue weighted by Crippen LogP contribution is 2.33. The molecule has 0 aliphatic heterocycles. The molecule has 0 saturated heterocycles. The molecule has 0 unspecified atom stereocenters. The minimum Gasteiger partial charge on any atom is -0.505 e. The Morgan fingerprint density at radius 2 is 1.96 bits per heavy atom. The number of nitrogens with zero attached hydrogens (tertiary/aromatic N) is 1. The monoisotopic (exact) mass is 353 g/mol. The maximum absolute atomic E-state index is 12.2. The Labute approximate surface area is 154 Å². The summed E-state index contributed by atoms with van der Waals surface area (Å²) in [7, 11) is 0. The smallest absolute Gasteiger partial charge is 0.274 e. The molecule has 1 heterocycles. The Hall–Kier alpha value is -3.41. The van der Waals surface area contributed by atoms with Gasteiger partial charge < -0.3 is 15.2 Å². The molecule has 0 spiro atoms. The number of pyridine rings is 1. The van der Waals surface area contributed by atoms with Crippen LogP contribution in [0.2, 0.25) is 0 Å². The molecule has 6 nitrogen and oxygen atoms in total. The SMILES string of the molecule is [2H]c1cc([2H])c(Oc2ccc3c(O)c(C(=O)NCC(C)=O)nc(C)c3c2)c([2H])c1. The van der Waals surface area contributed by atoms with E-state index in [1.165, 1.54) is 25.1 Å². The van der Waals surface area contributed by atoms with E-state index in [2.05, 4.69) is 10.3 Å². The number of para-hydroxylation sites is 1. The predicted molar refractivity (Wildman–Crippen MR) is 97.7 cm³/mol. The first kappa shape index (κ1) is 13.8. The zero-order valence-electron chi connectivity index (χ0n) is 17.2. The Bertz CT molecular complexity index is 1130. The van der Waals surface area contributed by atoms with E-state index in [4.69, 9.17) is 8.85 Å². The van der Waals surface area contributed by atoms with Gasteiger partial charge in [-0.15, -0.1) is 0 Å². The Morgan fingerprint density at radius 1 is 1.23 bits per heavy atom. The molecule has 6 heteroatoms. The first-order valence-electron chi connectivity index (χ1n) is 9.34. The van der Waals surface area contributed by atoms with Crippen molar-refractivity contribution in [2.24, 2.45) is 0 Å². The number of fused-ring (bicyclic) bond motifs is 1. The lowest BCUT2D eigenvalue weighted by molar-refractivity contribution is -0.116. The van der Waals surface area contributed by atoms with E-state index in [-0.39, 0.29) is 47.6 Å². The lowest BCUT2D eigenvalue weighted by atomic mass is 10.1. The zero-order valence-corrected chi connectivity index (χ0v) is 14.2. The molecule has 0 bridgehead atoms. The third-order valence-corrected chi connectivity index (χ3v) is 3.65. The van der Waals surface area contributed by atoms with E-state index in [9.17, 15) is 14.7 Å². The van der Waals surface area contributed by atoms with Crippen LogP contribution in [0.5, 0.6) is 17.2 Å². The van der Waals surface area contributed by atoms with Crippen LogP contribution < -0.4 is 10.1 Å². The molecular weight excluding hydrogens is 332 g/mol. The van der Waals surface area contributed by atoms with E-state index in [1.807, 2.05) is 0 Å². The van der Waals surface area contributed by atoms with Crippen LogP contribution in [0, 0.1) is 6.92 Å². The number of carbonyl (C=O) groups is 2. The van der Waals surface area contributed by atoms with Crippen molar-refractivity contribution in [2.75, 3.05) is 6.54 Å². The highest BCUT2D eigenvalue weighted by atomic mass is 16.5. The number of amides is 1. The molecule has 2 N–H and O–H groups in total. The van der Waals surface area contributed by atoms with Crippen molar-refractivity contribution < 1.29 is 23.5 Å². The van der Waals surface area contributed by atoms with Crippen LogP contribution in [0.4, 0.5) is 0 Å². The minimum absolute atomic E-state index is 0.00964. The average Bonchev–Trinajstić information content (AvgIpc) is 2.65. The zero-order chi connectivity index (χ0) is 21.3. The minimum atomic E-state index is -0.656.